The zero-order chi connectivity index (χ0) is 13.2. The summed E-state index contributed by atoms with van der Waals surface area (Å²) >= 11 is 0. The molecular formula is C15H20FNO2. The molecule has 1 unspecified atom stereocenters. The molecule has 3 nitrogen and oxygen atoms in total. The molecule has 3 heterocycles. The van der Waals surface area contributed by atoms with E-state index in [1.54, 1.807) is 6.07 Å². The van der Waals surface area contributed by atoms with Crippen LogP contribution >= 0.6 is 0 Å². The zero-order valence-corrected chi connectivity index (χ0v) is 11.3. The monoisotopic (exact) mass is 265 g/mol. The molecule has 0 radical (unpaired) electrons. The second-order valence-electron chi connectivity index (χ2n) is 5.48. The number of hydrogen-bond acceptors (Lipinski definition) is 3. The first-order valence-electron chi connectivity index (χ1n) is 6.96. The van der Waals surface area contributed by atoms with E-state index in [1.807, 2.05) is 0 Å². The van der Waals surface area contributed by atoms with Gasteiger partial charge in [-0.15, -0.1) is 0 Å². The summed E-state index contributed by atoms with van der Waals surface area (Å²) in [6.45, 7) is 3.05. The summed E-state index contributed by atoms with van der Waals surface area (Å²) < 4.78 is 24.1. The third-order valence-electron chi connectivity index (χ3n) is 4.33. The largest absolute Gasteiger partial charge is 0.493 e. The highest BCUT2D eigenvalue weighted by Gasteiger charge is 2.33. The van der Waals surface area contributed by atoms with Crippen molar-refractivity contribution in [2.45, 2.75) is 25.3 Å². The minimum Gasteiger partial charge on any atom is -0.493 e. The summed E-state index contributed by atoms with van der Waals surface area (Å²) in [7, 11) is 1.54. The number of nitrogens with zero attached hydrogens (tertiary/aromatic N) is 1. The lowest BCUT2D eigenvalue weighted by Gasteiger charge is -2.45. The number of methoxy groups -OCH3 is 1. The molecule has 3 saturated heterocycles. The maximum absolute atomic E-state index is 13.1. The van der Waals surface area contributed by atoms with Crippen molar-refractivity contribution in [1.82, 2.24) is 4.90 Å². The lowest BCUT2D eigenvalue weighted by atomic mass is 9.83. The van der Waals surface area contributed by atoms with Crippen LogP contribution in [0.3, 0.4) is 0 Å². The third-order valence-corrected chi connectivity index (χ3v) is 4.33. The van der Waals surface area contributed by atoms with Gasteiger partial charge < -0.3 is 9.47 Å². The van der Waals surface area contributed by atoms with Gasteiger partial charge in [0.15, 0.2) is 11.5 Å². The fourth-order valence-corrected chi connectivity index (χ4v) is 3.21. The van der Waals surface area contributed by atoms with E-state index in [4.69, 9.17) is 9.47 Å². The van der Waals surface area contributed by atoms with Crippen LogP contribution in [0.5, 0.6) is 11.5 Å². The van der Waals surface area contributed by atoms with E-state index in [1.165, 1.54) is 51.6 Å². The van der Waals surface area contributed by atoms with Gasteiger partial charge in [-0.3, -0.25) is 4.90 Å². The number of ether oxygens (including phenoxy) is 2. The Morgan fingerprint density at radius 2 is 2.05 bits per heavy atom. The van der Waals surface area contributed by atoms with Gasteiger partial charge in [-0.25, -0.2) is 4.39 Å². The topological polar surface area (TPSA) is 21.7 Å². The third kappa shape index (κ3) is 2.68. The molecule has 19 heavy (non-hydrogen) atoms. The van der Waals surface area contributed by atoms with Crippen LogP contribution < -0.4 is 9.47 Å². The predicted octanol–water partition coefficient (Wildman–Crippen LogP) is 2.70. The van der Waals surface area contributed by atoms with Gasteiger partial charge in [-0.2, -0.15) is 0 Å². The molecule has 2 bridgehead atoms. The van der Waals surface area contributed by atoms with Crippen LogP contribution in [0, 0.1) is 11.7 Å². The van der Waals surface area contributed by atoms with E-state index in [-0.39, 0.29) is 5.82 Å². The Kier molecular flexibility index (Phi) is 3.60. The predicted molar refractivity (Wildman–Crippen MR) is 71.1 cm³/mol. The normalized spacial score (nSPS) is 29.3. The second-order valence-corrected chi connectivity index (χ2v) is 5.48. The molecule has 0 aliphatic carbocycles. The van der Waals surface area contributed by atoms with Gasteiger partial charge in [-0.1, -0.05) is 0 Å². The fourth-order valence-electron chi connectivity index (χ4n) is 3.21. The summed E-state index contributed by atoms with van der Waals surface area (Å²) in [5.41, 5.74) is 0. The number of benzene rings is 1. The van der Waals surface area contributed by atoms with Crippen LogP contribution in [-0.2, 0) is 0 Å². The Morgan fingerprint density at radius 3 is 2.68 bits per heavy atom. The van der Waals surface area contributed by atoms with E-state index >= 15 is 0 Å². The summed E-state index contributed by atoms with van der Waals surface area (Å²) in [6, 6.07) is 4.92. The van der Waals surface area contributed by atoms with Gasteiger partial charge in [0.1, 0.15) is 12.4 Å². The minimum absolute atomic E-state index is 0.301. The van der Waals surface area contributed by atoms with E-state index < -0.39 is 0 Å². The Morgan fingerprint density at radius 1 is 1.26 bits per heavy atom. The van der Waals surface area contributed by atoms with Gasteiger partial charge >= 0.3 is 0 Å². The molecule has 0 N–H and O–H groups in total. The zero-order valence-electron chi connectivity index (χ0n) is 11.3. The highest BCUT2D eigenvalue weighted by Crippen LogP contribution is 2.33. The van der Waals surface area contributed by atoms with Crippen molar-refractivity contribution < 1.29 is 13.9 Å². The first-order chi connectivity index (χ1) is 9.26. The van der Waals surface area contributed by atoms with Crippen molar-refractivity contribution >= 4 is 0 Å². The SMILES string of the molecule is COc1cc(F)ccc1OCC1CC2CCN1CC2. The van der Waals surface area contributed by atoms with Crippen LogP contribution in [0.15, 0.2) is 18.2 Å². The van der Waals surface area contributed by atoms with E-state index in [0.29, 0.717) is 24.1 Å². The number of fused-ring (bicyclic) bond motifs is 3. The van der Waals surface area contributed by atoms with E-state index in [9.17, 15) is 4.39 Å². The van der Waals surface area contributed by atoms with Gasteiger partial charge in [0.2, 0.25) is 0 Å². The summed E-state index contributed by atoms with van der Waals surface area (Å²) in [5, 5.41) is 0. The summed E-state index contributed by atoms with van der Waals surface area (Å²) in [4.78, 5) is 2.51. The number of piperidine rings is 3. The Labute approximate surface area is 113 Å². The number of hydrogen-bond donors (Lipinski definition) is 0. The molecule has 4 heteroatoms. The molecule has 104 valence electrons. The van der Waals surface area contributed by atoms with Crippen molar-refractivity contribution in [1.29, 1.82) is 0 Å². The lowest BCUT2D eigenvalue weighted by Crippen LogP contribution is -2.51. The van der Waals surface area contributed by atoms with Crippen LogP contribution in [0.25, 0.3) is 0 Å². The second kappa shape index (κ2) is 5.37. The highest BCUT2D eigenvalue weighted by atomic mass is 19.1. The Bertz CT molecular complexity index is 444. The van der Waals surface area contributed by atoms with E-state index in [2.05, 4.69) is 4.90 Å². The Balaban J connectivity index is 1.63. The van der Waals surface area contributed by atoms with Gasteiger partial charge in [0, 0.05) is 12.1 Å². The van der Waals surface area contributed by atoms with Crippen LogP contribution in [0.4, 0.5) is 4.39 Å². The van der Waals surface area contributed by atoms with Crippen LogP contribution in [0.1, 0.15) is 19.3 Å². The standard InChI is InChI=1S/C15H20FNO2/c1-18-15-9-12(16)2-3-14(15)19-10-13-8-11-4-6-17(13)7-5-11/h2-3,9,11,13H,4-8,10H2,1H3. The average molecular weight is 265 g/mol. The lowest BCUT2D eigenvalue weighted by molar-refractivity contribution is 0.0233. The molecule has 1 atom stereocenters. The molecule has 3 aliphatic rings. The smallest absolute Gasteiger partial charge is 0.163 e. The van der Waals surface area contributed by atoms with Crippen molar-refractivity contribution in [3.63, 3.8) is 0 Å². The molecule has 4 rings (SSSR count). The molecule has 1 aromatic carbocycles. The van der Waals surface area contributed by atoms with E-state index in [0.717, 1.165) is 5.92 Å². The molecule has 0 saturated carbocycles. The summed E-state index contributed by atoms with van der Waals surface area (Å²) in [5.74, 6) is 1.67. The minimum atomic E-state index is -0.301. The van der Waals surface area contributed by atoms with Crippen LogP contribution in [0.2, 0.25) is 0 Å². The van der Waals surface area contributed by atoms with Crippen molar-refractivity contribution in [2.75, 3.05) is 26.8 Å². The molecular weight excluding hydrogens is 245 g/mol. The fraction of sp³-hybridized carbons (Fsp3) is 0.600. The molecule has 0 aromatic heterocycles. The van der Waals surface area contributed by atoms with Gasteiger partial charge in [0.05, 0.1) is 7.11 Å². The molecule has 3 fully saturated rings. The van der Waals surface area contributed by atoms with Crippen molar-refractivity contribution in [3.05, 3.63) is 24.0 Å². The number of halogens is 1. The van der Waals surface area contributed by atoms with Crippen molar-refractivity contribution in [2.24, 2.45) is 5.92 Å². The highest BCUT2D eigenvalue weighted by molar-refractivity contribution is 5.40. The molecule has 0 spiro atoms. The quantitative estimate of drug-likeness (QED) is 0.835. The number of rotatable bonds is 4. The average Bonchev–Trinajstić information content (AvgIpc) is 2.47. The first kappa shape index (κ1) is 12.7. The maximum Gasteiger partial charge on any atom is 0.163 e. The van der Waals surface area contributed by atoms with Crippen LogP contribution in [-0.4, -0.2) is 37.7 Å². The molecule has 3 aliphatic heterocycles. The van der Waals surface area contributed by atoms with Crippen molar-refractivity contribution in [3.8, 4) is 11.5 Å². The Hall–Kier alpha value is -1.29. The first-order valence-corrected chi connectivity index (χ1v) is 6.96. The van der Waals surface area contributed by atoms with Gasteiger partial charge in [-0.05, 0) is 50.4 Å². The molecule has 0 amide bonds. The molecule has 1 aromatic rings. The summed E-state index contributed by atoms with van der Waals surface area (Å²) in [6.07, 6.45) is 3.89. The van der Waals surface area contributed by atoms with Gasteiger partial charge in [0.25, 0.3) is 0 Å². The maximum atomic E-state index is 13.1.